The average molecular weight is 346 g/mol. The van der Waals surface area contributed by atoms with Gasteiger partial charge in [-0.15, -0.1) is 0 Å². The van der Waals surface area contributed by atoms with E-state index in [9.17, 15) is 4.79 Å². The molecule has 0 rings (SSSR count). The number of hydrogen-bond acceptors (Lipinski definition) is 6. The van der Waals surface area contributed by atoms with E-state index in [1.165, 1.54) is 7.11 Å². The van der Waals surface area contributed by atoms with Crippen molar-refractivity contribution >= 4 is 5.91 Å². The molecule has 0 spiro atoms. The van der Waals surface area contributed by atoms with Crippen LogP contribution in [-0.2, 0) is 19.0 Å². The number of unbranched alkanes of at least 4 members (excludes halogenated alkanes) is 1. The van der Waals surface area contributed by atoms with Crippen LogP contribution < -0.4 is 11.1 Å². The average Bonchev–Trinajstić information content (AvgIpc) is 2.59. The van der Waals surface area contributed by atoms with E-state index >= 15 is 0 Å². The third-order valence-corrected chi connectivity index (χ3v) is 3.50. The molecule has 4 N–H and O–H groups in total. The summed E-state index contributed by atoms with van der Waals surface area (Å²) in [6, 6.07) is 0. The zero-order valence-electron chi connectivity index (χ0n) is 15.1. The Morgan fingerprint density at radius 2 is 2.04 bits per heavy atom. The van der Waals surface area contributed by atoms with E-state index in [-0.39, 0.29) is 18.6 Å². The Hall–Kier alpha value is -1.15. The van der Waals surface area contributed by atoms with E-state index in [2.05, 4.69) is 11.9 Å². The zero-order chi connectivity index (χ0) is 18.2. The summed E-state index contributed by atoms with van der Waals surface area (Å²) in [5.41, 5.74) is 5.40. The topological polar surface area (TPSA) is 103 Å². The molecule has 0 saturated carbocycles. The van der Waals surface area contributed by atoms with Crippen LogP contribution in [-0.4, -0.2) is 56.8 Å². The van der Waals surface area contributed by atoms with Crippen molar-refractivity contribution in [1.82, 2.24) is 5.32 Å². The molecule has 0 saturated heterocycles. The molecule has 0 aromatic rings. The fourth-order valence-corrected chi connectivity index (χ4v) is 1.96. The highest BCUT2D eigenvalue weighted by molar-refractivity contribution is 5.75. The summed E-state index contributed by atoms with van der Waals surface area (Å²) in [6.45, 7) is 7.30. The molecule has 0 heterocycles. The van der Waals surface area contributed by atoms with Gasteiger partial charge in [0.25, 0.3) is 0 Å². The first-order chi connectivity index (χ1) is 11.6. The molecule has 2 unspecified atom stereocenters. The Morgan fingerprint density at radius 1 is 1.29 bits per heavy atom. The summed E-state index contributed by atoms with van der Waals surface area (Å²) in [6.07, 6.45) is 3.52. The molecular weight excluding hydrogens is 312 g/mol. The molecule has 142 valence electrons. The summed E-state index contributed by atoms with van der Waals surface area (Å²) in [4.78, 5) is 11.6. The van der Waals surface area contributed by atoms with Crippen LogP contribution in [0.1, 0.15) is 45.4 Å². The van der Waals surface area contributed by atoms with Crippen molar-refractivity contribution in [2.45, 2.75) is 57.8 Å². The molecule has 0 aromatic carbocycles. The normalized spacial score (nSPS) is 13.3. The number of ether oxygens (including phenoxy) is 3. The number of carbonyl (C=O) groups is 1. The third-order valence-electron chi connectivity index (χ3n) is 3.50. The van der Waals surface area contributed by atoms with Crippen molar-refractivity contribution in [3.05, 3.63) is 12.3 Å². The predicted octanol–water partition coefficient (Wildman–Crippen LogP) is 1.30. The minimum atomic E-state index is -0.644. The molecular formula is C17H34N2O5. The van der Waals surface area contributed by atoms with E-state index in [0.717, 1.165) is 19.3 Å². The maximum Gasteiger partial charge on any atom is 0.220 e. The van der Waals surface area contributed by atoms with Gasteiger partial charge in [-0.05, 0) is 32.2 Å². The molecule has 2 atom stereocenters. The van der Waals surface area contributed by atoms with E-state index in [1.54, 1.807) is 0 Å². The van der Waals surface area contributed by atoms with E-state index in [4.69, 9.17) is 25.1 Å². The van der Waals surface area contributed by atoms with Crippen LogP contribution >= 0.6 is 0 Å². The number of allylic oxidation sites excluding steroid dienone is 1. The standard InChI is InChI=1S/C17H34N2O5/c1-4-15(24-17(12-20)22-3)13-23-14(2)8-7-9-16(21)19-11-6-5-10-18/h15,17,20H,2,4-13,18H2,1,3H3,(H,19,21). The quantitative estimate of drug-likeness (QED) is 0.221. The second kappa shape index (κ2) is 15.4. The van der Waals surface area contributed by atoms with Crippen LogP contribution in [0.25, 0.3) is 0 Å². The molecule has 0 bridgehead atoms. The molecule has 0 aliphatic heterocycles. The summed E-state index contributed by atoms with van der Waals surface area (Å²) in [7, 11) is 1.48. The molecule has 24 heavy (non-hydrogen) atoms. The number of methoxy groups -OCH3 is 1. The maximum absolute atomic E-state index is 11.6. The summed E-state index contributed by atoms with van der Waals surface area (Å²) < 4.78 is 16.1. The minimum Gasteiger partial charge on any atom is -0.496 e. The van der Waals surface area contributed by atoms with Crippen molar-refractivity contribution in [2.75, 3.05) is 33.4 Å². The van der Waals surface area contributed by atoms with Gasteiger partial charge in [-0.1, -0.05) is 13.5 Å². The van der Waals surface area contributed by atoms with Gasteiger partial charge >= 0.3 is 0 Å². The Balaban J connectivity index is 3.79. The number of aliphatic hydroxyl groups excluding tert-OH is 1. The SMILES string of the molecule is C=C(CCCC(=O)NCCCCN)OCC(CC)OC(CO)OC. The largest absolute Gasteiger partial charge is 0.496 e. The molecule has 1 amide bonds. The molecule has 0 aliphatic rings. The van der Waals surface area contributed by atoms with Crippen molar-refractivity contribution in [1.29, 1.82) is 0 Å². The summed E-state index contributed by atoms with van der Waals surface area (Å²) in [5, 5.41) is 11.9. The molecule has 0 aliphatic carbocycles. The van der Waals surface area contributed by atoms with Crippen LogP contribution in [0.3, 0.4) is 0 Å². The third kappa shape index (κ3) is 12.3. The molecule has 0 fully saturated rings. The Morgan fingerprint density at radius 3 is 2.62 bits per heavy atom. The Kier molecular flexibility index (Phi) is 14.6. The first-order valence-electron chi connectivity index (χ1n) is 8.63. The smallest absolute Gasteiger partial charge is 0.220 e. The minimum absolute atomic E-state index is 0.0421. The van der Waals surface area contributed by atoms with Gasteiger partial charge in [0, 0.05) is 26.5 Å². The molecule has 7 nitrogen and oxygen atoms in total. The van der Waals surface area contributed by atoms with Gasteiger partial charge in [-0.25, -0.2) is 0 Å². The number of hydrogen-bond donors (Lipinski definition) is 3. The molecule has 7 heteroatoms. The first kappa shape index (κ1) is 22.9. The summed E-state index contributed by atoms with van der Waals surface area (Å²) in [5.74, 6) is 0.673. The lowest BCUT2D eigenvalue weighted by atomic mass is 10.2. The highest BCUT2D eigenvalue weighted by atomic mass is 16.7. The zero-order valence-corrected chi connectivity index (χ0v) is 15.1. The number of carbonyl (C=O) groups excluding carboxylic acids is 1. The lowest BCUT2D eigenvalue weighted by Gasteiger charge is -2.22. The van der Waals surface area contributed by atoms with E-state index in [0.29, 0.717) is 44.7 Å². The van der Waals surface area contributed by atoms with Gasteiger partial charge < -0.3 is 30.4 Å². The van der Waals surface area contributed by atoms with Crippen molar-refractivity contribution in [2.24, 2.45) is 5.73 Å². The fraction of sp³-hybridized carbons (Fsp3) is 0.824. The van der Waals surface area contributed by atoms with Gasteiger partial charge in [0.1, 0.15) is 6.61 Å². The Labute approximate surface area is 145 Å². The van der Waals surface area contributed by atoms with E-state index in [1.807, 2.05) is 6.92 Å². The Bertz CT molecular complexity index is 335. The molecule has 0 radical (unpaired) electrons. The number of nitrogens with one attached hydrogen (secondary N) is 1. The van der Waals surface area contributed by atoms with Crippen molar-refractivity contribution in [3.63, 3.8) is 0 Å². The molecule has 0 aromatic heterocycles. The first-order valence-corrected chi connectivity index (χ1v) is 8.63. The van der Waals surface area contributed by atoms with E-state index < -0.39 is 6.29 Å². The van der Waals surface area contributed by atoms with Crippen molar-refractivity contribution in [3.8, 4) is 0 Å². The van der Waals surface area contributed by atoms with Gasteiger partial charge in [0.15, 0.2) is 6.29 Å². The monoisotopic (exact) mass is 346 g/mol. The van der Waals surface area contributed by atoms with Gasteiger partial charge in [-0.3, -0.25) is 4.79 Å². The number of amides is 1. The second-order valence-corrected chi connectivity index (χ2v) is 5.56. The maximum atomic E-state index is 11.6. The lowest BCUT2D eigenvalue weighted by Crippen LogP contribution is -2.29. The highest BCUT2D eigenvalue weighted by Crippen LogP contribution is 2.11. The number of nitrogens with two attached hydrogens (primary N) is 1. The van der Waals surface area contributed by atoms with Crippen LogP contribution in [0.5, 0.6) is 0 Å². The van der Waals surface area contributed by atoms with Crippen LogP contribution in [0.4, 0.5) is 0 Å². The van der Waals surface area contributed by atoms with Gasteiger partial charge in [0.05, 0.1) is 18.5 Å². The van der Waals surface area contributed by atoms with Gasteiger partial charge in [-0.2, -0.15) is 0 Å². The highest BCUT2D eigenvalue weighted by Gasteiger charge is 2.15. The number of aliphatic hydroxyl groups is 1. The predicted molar refractivity (Wildman–Crippen MR) is 93.3 cm³/mol. The van der Waals surface area contributed by atoms with Crippen LogP contribution in [0.2, 0.25) is 0 Å². The second-order valence-electron chi connectivity index (χ2n) is 5.56. The number of rotatable bonds is 16. The summed E-state index contributed by atoms with van der Waals surface area (Å²) >= 11 is 0. The van der Waals surface area contributed by atoms with Gasteiger partial charge in [0.2, 0.25) is 5.91 Å². The van der Waals surface area contributed by atoms with Crippen LogP contribution in [0.15, 0.2) is 12.3 Å². The van der Waals surface area contributed by atoms with Crippen LogP contribution in [0, 0.1) is 0 Å². The van der Waals surface area contributed by atoms with Crippen molar-refractivity contribution < 1.29 is 24.1 Å². The lowest BCUT2D eigenvalue weighted by molar-refractivity contribution is -0.183. The fourth-order valence-electron chi connectivity index (χ4n) is 1.96.